The molecule has 4 N–H and O–H groups in total. The summed E-state index contributed by atoms with van der Waals surface area (Å²) >= 11 is 7.68. The van der Waals surface area contributed by atoms with E-state index in [0.717, 1.165) is 25.0 Å². The van der Waals surface area contributed by atoms with Gasteiger partial charge in [0.1, 0.15) is 17.7 Å². The number of aromatic nitrogens is 4. The molecule has 2 aromatic rings. The van der Waals surface area contributed by atoms with Gasteiger partial charge in [-0.25, -0.2) is 13.9 Å². The number of hydrogen-bond acceptors (Lipinski definition) is 11. The first-order chi connectivity index (χ1) is 24.7. The topological polar surface area (TPSA) is 164 Å². The number of unbranched alkanes of at least 4 members (excludes halogenated alkanes) is 16. The number of anilines is 1. The number of hydrogen-bond donors (Lipinski definition) is 3. The highest BCUT2D eigenvalue weighted by molar-refractivity contribution is 7.99. The van der Waals surface area contributed by atoms with Crippen molar-refractivity contribution < 1.29 is 37.5 Å². The summed E-state index contributed by atoms with van der Waals surface area (Å²) < 4.78 is 51.6. The van der Waals surface area contributed by atoms with Crippen LogP contribution in [0.25, 0.3) is 11.2 Å². The molecule has 294 valence electrons. The molecule has 12 nitrogen and oxygen atoms in total. The molecule has 1 aliphatic heterocycles. The molecule has 1 fully saturated rings. The van der Waals surface area contributed by atoms with Gasteiger partial charge in [-0.1, -0.05) is 117 Å². The highest BCUT2D eigenvalue weighted by atomic mass is 35.5. The van der Waals surface area contributed by atoms with Gasteiger partial charge in [-0.3, -0.25) is 13.6 Å². The molecule has 3 unspecified atom stereocenters. The Bertz CT molecular complexity index is 1290. The predicted octanol–water partition coefficient (Wildman–Crippen LogP) is 8.97. The number of nitrogens with zero attached hydrogens (tertiary/aromatic N) is 4. The Kier molecular flexibility index (Phi) is 21.8. The Morgan fingerprint density at radius 3 is 2.18 bits per heavy atom. The third-order valence-corrected chi connectivity index (χ3v) is 11.4. The van der Waals surface area contributed by atoms with E-state index in [1.54, 1.807) is 11.8 Å². The van der Waals surface area contributed by atoms with Gasteiger partial charge in [-0.2, -0.15) is 21.7 Å². The monoisotopic (exact) mass is 781 g/mol. The molecule has 0 aromatic carbocycles. The molecule has 0 spiro atoms. The van der Waals surface area contributed by atoms with Crippen LogP contribution < -0.4 is 5.73 Å². The number of aliphatic hydroxyl groups is 1. The maximum atomic E-state index is 15.2. The van der Waals surface area contributed by atoms with Gasteiger partial charge in [0.05, 0.1) is 25.6 Å². The van der Waals surface area contributed by atoms with Crippen LogP contribution in [0.3, 0.4) is 0 Å². The number of ether oxygens (including phenoxy) is 2. The van der Waals surface area contributed by atoms with Crippen molar-refractivity contribution in [2.45, 2.75) is 160 Å². The number of alkyl halides is 1. The number of phosphoric acid groups is 1. The van der Waals surface area contributed by atoms with Crippen LogP contribution in [-0.2, 0) is 23.1 Å². The van der Waals surface area contributed by atoms with E-state index in [1.165, 1.54) is 107 Å². The molecule has 3 rings (SSSR count). The van der Waals surface area contributed by atoms with Crippen molar-refractivity contribution in [3.63, 3.8) is 0 Å². The van der Waals surface area contributed by atoms with Crippen molar-refractivity contribution in [3.05, 3.63) is 11.6 Å². The van der Waals surface area contributed by atoms with Crippen LogP contribution in [0.1, 0.15) is 136 Å². The summed E-state index contributed by atoms with van der Waals surface area (Å²) in [7, 11) is -4.59. The Morgan fingerprint density at radius 1 is 0.961 bits per heavy atom. The average molecular weight is 782 g/mol. The normalized spacial score (nSPS) is 21.1. The molecular formula is C35H62ClFN5O7PS. The fourth-order valence-electron chi connectivity index (χ4n) is 6.08. The largest absolute Gasteiger partial charge is 0.472 e. The van der Waals surface area contributed by atoms with Crippen molar-refractivity contribution in [2.75, 3.05) is 37.1 Å². The maximum Gasteiger partial charge on any atom is 0.472 e. The van der Waals surface area contributed by atoms with Crippen LogP contribution in [0.4, 0.5) is 10.2 Å². The first-order valence-corrected chi connectivity index (χ1v) is 22.1. The molecule has 3 heterocycles. The molecular weight excluding hydrogens is 720 g/mol. The van der Waals surface area contributed by atoms with E-state index in [0.29, 0.717) is 12.4 Å². The lowest BCUT2D eigenvalue weighted by molar-refractivity contribution is -0.0484. The minimum absolute atomic E-state index is 0.00764. The van der Waals surface area contributed by atoms with E-state index < -0.39 is 45.1 Å². The van der Waals surface area contributed by atoms with Gasteiger partial charge in [0, 0.05) is 12.4 Å². The van der Waals surface area contributed by atoms with E-state index in [-0.39, 0.29) is 28.9 Å². The lowest BCUT2D eigenvalue weighted by Crippen LogP contribution is -2.31. The van der Waals surface area contributed by atoms with Crippen molar-refractivity contribution >= 4 is 48.2 Å². The van der Waals surface area contributed by atoms with Gasteiger partial charge in [0.2, 0.25) is 5.28 Å². The van der Waals surface area contributed by atoms with Gasteiger partial charge < -0.3 is 25.2 Å². The number of rotatable bonds is 30. The smallest absolute Gasteiger partial charge is 0.387 e. The third kappa shape index (κ3) is 16.4. The fraction of sp³-hybridized carbons (Fsp3) is 0.857. The second-order valence-corrected chi connectivity index (χ2v) is 16.4. The van der Waals surface area contributed by atoms with Crippen LogP contribution in [0, 0.1) is 0 Å². The molecule has 0 saturated carbocycles. The minimum atomic E-state index is -4.59. The van der Waals surface area contributed by atoms with Gasteiger partial charge in [-0.15, -0.1) is 0 Å². The highest BCUT2D eigenvalue weighted by Crippen LogP contribution is 2.45. The number of imidazole rings is 1. The summed E-state index contributed by atoms with van der Waals surface area (Å²) in [5.41, 5.74) is 6.16. The number of nitrogen functional groups attached to an aromatic ring is 1. The van der Waals surface area contributed by atoms with Gasteiger partial charge in [0.15, 0.2) is 23.9 Å². The second-order valence-electron chi connectivity index (χ2n) is 13.5. The summed E-state index contributed by atoms with van der Waals surface area (Å²) in [4.78, 5) is 22.5. The Hall–Kier alpha value is -1.09. The Balaban J connectivity index is 1.42. The summed E-state index contributed by atoms with van der Waals surface area (Å²) in [5.74, 6) is 1.62. The molecule has 0 bridgehead atoms. The molecule has 6 atom stereocenters. The van der Waals surface area contributed by atoms with E-state index in [9.17, 15) is 14.6 Å². The number of halogens is 2. The van der Waals surface area contributed by atoms with Crippen LogP contribution in [-0.4, -0.2) is 85.3 Å². The van der Waals surface area contributed by atoms with Crippen LogP contribution >= 0.6 is 31.2 Å². The molecule has 0 amide bonds. The Morgan fingerprint density at radius 2 is 1.55 bits per heavy atom. The van der Waals surface area contributed by atoms with E-state index >= 15 is 4.39 Å². The summed E-state index contributed by atoms with van der Waals surface area (Å²) in [6.45, 7) is 4.28. The molecule has 1 aliphatic rings. The molecule has 51 heavy (non-hydrogen) atoms. The third-order valence-electron chi connectivity index (χ3n) is 9.11. The highest BCUT2D eigenvalue weighted by Gasteiger charge is 2.47. The van der Waals surface area contributed by atoms with E-state index in [2.05, 4.69) is 28.8 Å². The lowest BCUT2D eigenvalue weighted by Gasteiger charge is -2.21. The molecule has 0 aliphatic carbocycles. The predicted molar refractivity (Wildman–Crippen MR) is 203 cm³/mol. The summed E-state index contributed by atoms with van der Waals surface area (Å²) in [5, 5.41) is 10.4. The summed E-state index contributed by atoms with van der Waals surface area (Å²) in [6.07, 6.45) is 16.9. The van der Waals surface area contributed by atoms with Gasteiger partial charge in [0.25, 0.3) is 0 Å². The van der Waals surface area contributed by atoms with Crippen LogP contribution in [0.5, 0.6) is 0 Å². The second kappa shape index (κ2) is 25.1. The van der Waals surface area contributed by atoms with Gasteiger partial charge >= 0.3 is 7.82 Å². The molecule has 0 radical (unpaired) electrons. The molecule has 1 saturated heterocycles. The molecule has 16 heteroatoms. The standard InChI is InChI=1S/C35H62ClFN5O7PS/c1-3-5-7-9-11-13-14-16-18-20-22-51-25-27(46-21-19-17-15-12-10-8-6-4-2)23-47-50(44,45)48-24-28-31(43)29(37)34(49-28)42-26-39-30-32(38)40-35(36)41-33(30)42/h26-29,31,34,43H,3-25H2,1-2H3,(H,44,45)(H2,38,40,41)/t27?,28-,29-,31?,34-/m1/s1. The van der Waals surface area contributed by atoms with E-state index in [4.69, 9.17) is 35.9 Å². The summed E-state index contributed by atoms with van der Waals surface area (Å²) in [6, 6.07) is 0. The van der Waals surface area contributed by atoms with Gasteiger partial charge in [-0.05, 0) is 30.2 Å². The quantitative estimate of drug-likeness (QED) is 0.0392. The Labute approximate surface area is 313 Å². The first-order valence-electron chi connectivity index (χ1n) is 19.1. The number of nitrogens with two attached hydrogens (primary N) is 1. The van der Waals surface area contributed by atoms with Crippen molar-refractivity contribution in [2.24, 2.45) is 0 Å². The van der Waals surface area contributed by atoms with Crippen LogP contribution in [0.2, 0.25) is 5.28 Å². The zero-order valence-electron chi connectivity index (χ0n) is 30.6. The fourth-order valence-corrected chi connectivity index (χ4v) is 8.05. The zero-order chi connectivity index (χ0) is 36.9. The maximum absolute atomic E-state index is 15.2. The number of fused-ring (bicyclic) bond motifs is 1. The van der Waals surface area contributed by atoms with Crippen molar-refractivity contribution in [1.82, 2.24) is 19.5 Å². The average Bonchev–Trinajstić information content (AvgIpc) is 3.65. The lowest BCUT2D eigenvalue weighted by atomic mass is 10.1. The van der Waals surface area contributed by atoms with Crippen molar-refractivity contribution in [3.8, 4) is 0 Å². The molecule has 2 aromatic heterocycles. The van der Waals surface area contributed by atoms with Crippen molar-refractivity contribution in [1.29, 1.82) is 0 Å². The number of phosphoric ester groups is 1. The number of thioether (sulfide) groups is 1. The zero-order valence-corrected chi connectivity index (χ0v) is 33.1. The minimum Gasteiger partial charge on any atom is -0.387 e. The SMILES string of the molecule is CCCCCCCCCCCCSCC(COP(=O)(O)OC[C@H]1O[C@@H](n2cnc3c(N)nc(Cl)nc32)[C@H](F)C1O)OCCCCCCCCCC. The van der Waals surface area contributed by atoms with E-state index in [1.807, 2.05) is 0 Å². The number of aliphatic hydroxyl groups excluding tert-OH is 1. The first kappa shape index (κ1) is 44.3. The van der Waals surface area contributed by atoms with Crippen LogP contribution in [0.15, 0.2) is 6.33 Å².